The van der Waals surface area contributed by atoms with E-state index in [0.29, 0.717) is 17.4 Å². The molecule has 79 heavy (non-hydrogen) atoms. The molecule has 9 nitrogen and oxygen atoms in total. The van der Waals surface area contributed by atoms with Gasteiger partial charge < -0.3 is 27.9 Å². The quantitative estimate of drug-likeness (QED) is 0.0195. The average Bonchev–Trinajstić information content (AvgIpc) is 3.41. The van der Waals surface area contributed by atoms with Crippen LogP contribution in [-0.4, -0.2) is 70.0 Å². The monoisotopic (exact) mass is 1120 g/mol. The van der Waals surface area contributed by atoms with E-state index in [1.54, 1.807) is 0 Å². The Kier molecular flexibility index (Phi) is 56.4. The Hall–Kier alpha value is -3.59. The van der Waals surface area contributed by atoms with Crippen molar-refractivity contribution >= 4 is 19.8 Å². The maximum absolute atomic E-state index is 12.8. The van der Waals surface area contributed by atoms with E-state index in [1.165, 1.54) is 96.3 Å². The molecule has 0 N–H and O–H groups in total. The largest absolute Gasteiger partial charge is 0.756 e. The van der Waals surface area contributed by atoms with Crippen LogP contribution in [0.2, 0.25) is 0 Å². The summed E-state index contributed by atoms with van der Waals surface area (Å²) in [7, 11) is 1.15. The van der Waals surface area contributed by atoms with Crippen molar-refractivity contribution in [3.8, 4) is 0 Å². The van der Waals surface area contributed by atoms with E-state index < -0.39 is 26.5 Å². The van der Waals surface area contributed by atoms with E-state index in [9.17, 15) is 19.0 Å². The summed E-state index contributed by atoms with van der Waals surface area (Å²) in [6, 6.07) is 0. The summed E-state index contributed by atoms with van der Waals surface area (Å²) in [6.07, 6.45) is 84.0. The number of phosphoric acid groups is 1. The number of esters is 2. The van der Waals surface area contributed by atoms with Crippen molar-refractivity contribution in [2.75, 3.05) is 47.5 Å². The number of allylic oxidation sites excluding steroid dienone is 20. The van der Waals surface area contributed by atoms with Gasteiger partial charge in [0.1, 0.15) is 19.8 Å². The number of nitrogens with zero attached hydrogens (tertiary/aromatic N) is 1. The van der Waals surface area contributed by atoms with Crippen LogP contribution >= 0.6 is 7.82 Å². The molecule has 0 aromatic carbocycles. The second-order valence-electron chi connectivity index (χ2n) is 22.0. The molecule has 0 aliphatic carbocycles. The fourth-order valence-corrected chi connectivity index (χ4v) is 9.12. The Labute approximate surface area is 486 Å². The molecule has 0 spiro atoms. The predicted molar refractivity (Wildman–Crippen MR) is 337 cm³/mol. The lowest BCUT2D eigenvalue weighted by molar-refractivity contribution is -0.870. The Balaban J connectivity index is 4.17. The molecule has 0 fully saturated rings. The molecule has 0 aromatic heterocycles. The number of hydrogen-bond donors (Lipinski definition) is 0. The number of rotatable bonds is 57. The topological polar surface area (TPSA) is 111 Å². The zero-order chi connectivity index (χ0) is 57.7. The van der Waals surface area contributed by atoms with E-state index >= 15 is 0 Å². The van der Waals surface area contributed by atoms with E-state index in [1.807, 2.05) is 21.1 Å². The minimum absolute atomic E-state index is 0.0385. The van der Waals surface area contributed by atoms with E-state index in [4.69, 9.17) is 18.5 Å². The van der Waals surface area contributed by atoms with Crippen molar-refractivity contribution in [3.63, 3.8) is 0 Å². The zero-order valence-corrected chi connectivity index (χ0v) is 52.2. The molecular weight excluding hydrogens is 1000 g/mol. The summed E-state index contributed by atoms with van der Waals surface area (Å²) in [6.45, 7) is 4.12. The standard InChI is InChI=1S/C69H118NO8P/c1-6-8-10-12-14-16-18-20-22-24-26-27-28-29-30-31-32-33-34-35-36-37-38-39-40-41-42-43-44-46-48-50-52-54-56-58-60-62-69(72)78-67(66-77-79(73,74)76-64-63-70(3,4)5)65-75-68(71)61-59-57-55-53-51-49-47-45-25-23-21-19-17-15-13-11-9-7-2/h8,10,14,16,20,22,26-27,29-30,32-33,35-36,38-39,41-42,44,46,67H,6-7,9,11-13,15,17-19,21,23-25,28,31,34,37,40,43,45,47-66H2,1-5H3/b10-8-,16-14-,22-20-,27-26-,30-29-,33-32-,36-35-,39-38-,42-41-,46-44-. The van der Waals surface area contributed by atoms with Gasteiger partial charge in [0.05, 0.1) is 27.7 Å². The predicted octanol–water partition coefficient (Wildman–Crippen LogP) is 19.7. The van der Waals surface area contributed by atoms with Gasteiger partial charge >= 0.3 is 11.9 Å². The van der Waals surface area contributed by atoms with Crippen molar-refractivity contribution < 1.29 is 42.1 Å². The first-order valence-corrected chi connectivity index (χ1v) is 33.2. The first kappa shape index (κ1) is 75.4. The number of phosphoric ester groups is 1. The molecule has 0 radical (unpaired) electrons. The molecule has 2 unspecified atom stereocenters. The Morgan fingerprint density at radius 2 is 0.722 bits per heavy atom. The van der Waals surface area contributed by atoms with Gasteiger partial charge in [0.15, 0.2) is 6.10 Å². The summed E-state index contributed by atoms with van der Waals surface area (Å²) < 4.78 is 34.2. The number of ether oxygens (including phenoxy) is 2. The Morgan fingerprint density at radius 3 is 1.08 bits per heavy atom. The van der Waals surface area contributed by atoms with Crippen LogP contribution in [0, 0.1) is 0 Å². The van der Waals surface area contributed by atoms with Crippen LogP contribution in [0.1, 0.15) is 251 Å². The van der Waals surface area contributed by atoms with Gasteiger partial charge in [-0.3, -0.25) is 14.2 Å². The highest BCUT2D eigenvalue weighted by Gasteiger charge is 2.22. The van der Waals surface area contributed by atoms with Crippen LogP contribution in [-0.2, 0) is 32.7 Å². The fourth-order valence-electron chi connectivity index (χ4n) is 8.39. The number of quaternary nitrogens is 1. The van der Waals surface area contributed by atoms with Crippen molar-refractivity contribution in [2.45, 2.75) is 258 Å². The Morgan fingerprint density at radius 1 is 0.405 bits per heavy atom. The van der Waals surface area contributed by atoms with Gasteiger partial charge in [-0.25, -0.2) is 0 Å². The molecule has 0 bridgehead atoms. The van der Waals surface area contributed by atoms with Crippen molar-refractivity contribution in [1.29, 1.82) is 0 Å². The second kappa shape index (κ2) is 59.0. The molecule has 0 saturated heterocycles. The van der Waals surface area contributed by atoms with Crippen LogP contribution in [0.15, 0.2) is 122 Å². The molecule has 0 saturated carbocycles. The van der Waals surface area contributed by atoms with Crippen LogP contribution in [0.3, 0.4) is 0 Å². The van der Waals surface area contributed by atoms with Gasteiger partial charge in [0.25, 0.3) is 7.82 Å². The van der Waals surface area contributed by atoms with E-state index in [0.717, 1.165) is 122 Å². The molecule has 0 heterocycles. The van der Waals surface area contributed by atoms with E-state index in [2.05, 4.69) is 135 Å². The molecular formula is C69H118NO8P. The van der Waals surface area contributed by atoms with Crippen molar-refractivity contribution in [1.82, 2.24) is 0 Å². The summed E-state index contributed by atoms with van der Waals surface area (Å²) in [5.74, 6) is -0.850. The molecule has 0 aliphatic heterocycles. The number of carbonyl (C=O) groups is 2. The molecule has 0 rings (SSSR count). The maximum atomic E-state index is 12.8. The highest BCUT2D eigenvalue weighted by molar-refractivity contribution is 7.45. The van der Waals surface area contributed by atoms with Crippen molar-refractivity contribution in [3.05, 3.63) is 122 Å². The van der Waals surface area contributed by atoms with Crippen LogP contribution in [0.4, 0.5) is 0 Å². The average molecular weight is 1120 g/mol. The third-order valence-corrected chi connectivity index (χ3v) is 14.2. The second-order valence-corrected chi connectivity index (χ2v) is 23.5. The molecule has 2 atom stereocenters. The molecule has 0 amide bonds. The molecule has 452 valence electrons. The molecule has 10 heteroatoms. The lowest BCUT2D eigenvalue weighted by atomic mass is 10.0. The lowest BCUT2D eigenvalue weighted by Crippen LogP contribution is -2.37. The number of likely N-dealkylation sites (N-methyl/N-ethyl adjacent to an activating group) is 1. The zero-order valence-electron chi connectivity index (χ0n) is 51.3. The Bertz CT molecular complexity index is 1750. The SMILES string of the molecule is CC/C=C\C/C=C\C/C=C\C/C=C\C/C=C\C/C=C\C/C=C\C/C=C\C/C=C\C/C=C\CCCCCCCCC(=O)OC(COC(=O)CCCCCCCCCCCCCCCCCCCC)COP(=O)([O-])OCC[N+](C)(C)C. The highest BCUT2D eigenvalue weighted by atomic mass is 31.2. The third kappa shape index (κ3) is 63.5. The minimum atomic E-state index is -4.65. The first-order chi connectivity index (χ1) is 38.5. The fraction of sp³-hybridized carbons (Fsp3) is 0.681. The van der Waals surface area contributed by atoms with Gasteiger partial charge in [0, 0.05) is 12.8 Å². The summed E-state index contributed by atoms with van der Waals surface area (Å²) in [4.78, 5) is 37.9. The lowest BCUT2D eigenvalue weighted by Gasteiger charge is -2.28. The van der Waals surface area contributed by atoms with Gasteiger partial charge in [-0.15, -0.1) is 0 Å². The number of unbranched alkanes of at least 4 members (excludes halogenated alkanes) is 23. The van der Waals surface area contributed by atoms with Crippen LogP contribution < -0.4 is 4.89 Å². The van der Waals surface area contributed by atoms with Crippen LogP contribution in [0.25, 0.3) is 0 Å². The van der Waals surface area contributed by atoms with Gasteiger partial charge in [-0.1, -0.05) is 270 Å². The van der Waals surface area contributed by atoms with E-state index in [-0.39, 0.29) is 32.0 Å². The maximum Gasteiger partial charge on any atom is 0.306 e. The van der Waals surface area contributed by atoms with Gasteiger partial charge in [-0.2, -0.15) is 0 Å². The third-order valence-electron chi connectivity index (χ3n) is 13.2. The number of hydrogen-bond acceptors (Lipinski definition) is 8. The van der Waals surface area contributed by atoms with Crippen molar-refractivity contribution in [2.24, 2.45) is 0 Å². The van der Waals surface area contributed by atoms with Crippen LogP contribution in [0.5, 0.6) is 0 Å². The first-order valence-electron chi connectivity index (χ1n) is 31.7. The molecule has 0 aliphatic rings. The van der Waals surface area contributed by atoms with Gasteiger partial charge in [-0.05, 0) is 89.9 Å². The summed E-state index contributed by atoms with van der Waals surface area (Å²) in [5.41, 5.74) is 0. The summed E-state index contributed by atoms with van der Waals surface area (Å²) in [5, 5.41) is 0. The minimum Gasteiger partial charge on any atom is -0.756 e. The number of carbonyl (C=O) groups excluding carboxylic acids is 2. The summed E-state index contributed by atoms with van der Waals surface area (Å²) >= 11 is 0. The van der Waals surface area contributed by atoms with Gasteiger partial charge in [0.2, 0.25) is 0 Å². The normalized spacial score (nSPS) is 14.1. The smallest absolute Gasteiger partial charge is 0.306 e. The molecule has 0 aromatic rings. The highest BCUT2D eigenvalue weighted by Crippen LogP contribution is 2.38.